The third kappa shape index (κ3) is 3.20. The third-order valence-electron chi connectivity index (χ3n) is 1.35. The Hall–Kier alpha value is -0.800. The maximum Gasteiger partial charge on any atom is 0.0947 e. The first-order valence-corrected chi connectivity index (χ1v) is 3.69. The summed E-state index contributed by atoms with van der Waals surface area (Å²) in [6.07, 6.45) is 3.04. The zero-order valence-electron chi connectivity index (χ0n) is 6.58. The second kappa shape index (κ2) is 4.16. The normalized spacial score (nSPS) is 13.3. The Morgan fingerprint density at radius 2 is 2.55 bits per heavy atom. The minimum atomic E-state index is -0.290. The first-order chi connectivity index (χ1) is 5.29. The van der Waals surface area contributed by atoms with Crippen molar-refractivity contribution in [3.8, 4) is 0 Å². The summed E-state index contributed by atoms with van der Waals surface area (Å²) in [5, 5.41) is 12.0. The molecule has 0 fully saturated rings. The number of rotatable bonds is 4. The van der Waals surface area contributed by atoms with Gasteiger partial charge >= 0.3 is 0 Å². The van der Waals surface area contributed by atoms with Crippen LogP contribution in [0.3, 0.4) is 0 Å². The molecule has 11 heavy (non-hydrogen) atoms. The van der Waals surface area contributed by atoms with Crippen LogP contribution in [0, 0.1) is 0 Å². The second-order valence-electron chi connectivity index (χ2n) is 2.61. The summed E-state index contributed by atoms with van der Waals surface area (Å²) >= 11 is 0. The molecule has 0 radical (unpaired) electrons. The Kier molecular flexibility index (Phi) is 3.14. The van der Waals surface area contributed by atoms with Gasteiger partial charge in [0.25, 0.3) is 0 Å². The van der Waals surface area contributed by atoms with Crippen molar-refractivity contribution in [2.75, 3.05) is 6.54 Å². The lowest BCUT2D eigenvalue weighted by atomic mass is 10.3. The molecule has 3 heteroatoms. The van der Waals surface area contributed by atoms with Crippen molar-refractivity contribution < 1.29 is 9.52 Å². The Labute approximate surface area is 66.0 Å². The van der Waals surface area contributed by atoms with Crippen LogP contribution in [0.15, 0.2) is 23.0 Å². The average molecular weight is 155 g/mol. The van der Waals surface area contributed by atoms with Gasteiger partial charge in [-0.1, -0.05) is 0 Å². The lowest BCUT2D eigenvalue weighted by Crippen LogP contribution is -2.23. The van der Waals surface area contributed by atoms with Gasteiger partial charge in [-0.25, -0.2) is 0 Å². The zero-order chi connectivity index (χ0) is 8.10. The van der Waals surface area contributed by atoms with Gasteiger partial charge in [-0.15, -0.1) is 0 Å². The van der Waals surface area contributed by atoms with Crippen molar-refractivity contribution in [2.24, 2.45) is 0 Å². The van der Waals surface area contributed by atoms with Gasteiger partial charge in [0.1, 0.15) is 0 Å². The molecule has 1 atom stereocenters. The zero-order valence-corrected chi connectivity index (χ0v) is 6.58. The van der Waals surface area contributed by atoms with Gasteiger partial charge in [-0.05, 0) is 13.0 Å². The van der Waals surface area contributed by atoms with Crippen molar-refractivity contribution in [1.82, 2.24) is 5.32 Å². The number of aliphatic hydroxyl groups is 1. The Bertz CT molecular complexity index is 182. The van der Waals surface area contributed by atoms with Crippen molar-refractivity contribution in [2.45, 2.75) is 19.6 Å². The van der Waals surface area contributed by atoms with Crippen LogP contribution < -0.4 is 5.32 Å². The smallest absolute Gasteiger partial charge is 0.0947 e. The summed E-state index contributed by atoms with van der Waals surface area (Å²) in [7, 11) is 0. The van der Waals surface area contributed by atoms with Gasteiger partial charge in [0.15, 0.2) is 0 Å². The number of nitrogens with one attached hydrogen (secondary N) is 1. The minimum absolute atomic E-state index is 0.290. The molecule has 0 saturated heterocycles. The molecule has 3 nitrogen and oxygen atoms in total. The number of hydrogen-bond acceptors (Lipinski definition) is 3. The molecule has 0 saturated carbocycles. The van der Waals surface area contributed by atoms with E-state index >= 15 is 0 Å². The molecule has 1 aromatic heterocycles. The minimum Gasteiger partial charge on any atom is -0.472 e. The fourth-order valence-electron chi connectivity index (χ4n) is 0.819. The highest BCUT2D eigenvalue weighted by molar-refractivity contribution is 5.04. The van der Waals surface area contributed by atoms with Gasteiger partial charge in [0, 0.05) is 18.7 Å². The van der Waals surface area contributed by atoms with E-state index in [1.807, 2.05) is 6.07 Å². The van der Waals surface area contributed by atoms with Crippen molar-refractivity contribution in [3.63, 3.8) is 0 Å². The highest BCUT2D eigenvalue weighted by Gasteiger charge is 1.95. The van der Waals surface area contributed by atoms with E-state index in [-0.39, 0.29) is 6.10 Å². The molecule has 0 amide bonds. The van der Waals surface area contributed by atoms with Gasteiger partial charge < -0.3 is 14.8 Å². The van der Waals surface area contributed by atoms with Crippen LogP contribution >= 0.6 is 0 Å². The second-order valence-corrected chi connectivity index (χ2v) is 2.61. The molecule has 1 heterocycles. The lowest BCUT2D eigenvalue weighted by molar-refractivity contribution is 0.191. The van der Waals surface area contributed by atoms with Gasteiger partial charge in [-0.3, -0.25) is 0 Å². The fraction of sp³-hybridized carbons (Fsp3) is 0.500. The van der Waals surface area contributed by atoms with E-state index in [1.165, 1.54) is 0 Å². The van der Waals surface area contributed by atoms with Crippen LogP contribution in [0.2, 0.25) is 0 Å². The van der Waals surface area contributed by atoms with Crippen molar-refractivity contribution in [1.29, 1.82) is 0 Å². The Morgan fingerprint density at radius 1 is 1.73 bits per heavy atom. The van der Waals surface area contributed by atoms with E-state index in [2.05, 4.69) is 5.32 Å². The molecule has 0 aliphatic carbocycles. The van der Waals surface area contributed by atoms with Crippen LogP contribution in [0.25, 0.3) is 0 Å². The fourth-order valence-corrected chi connectivity index (χ4v) is 0.819. The monoisotopic (exact) mass is 155 g/mol. The van der Waals surface area contributed by atoms with E-state index in [4.69, 9.17) is 9.52 Å². The SMILES string of the molecule is C[C@@H](O)CNCc1ccoc1. The summed E-state index contributed by atoms with van der Waals surface area (Å²) in [5.41, 5.74) is 1.10. The molecule has 0 aliphatic rings. The van der Waals surface area contributed by atoms with Crippen LogP contribution in [0.4, 0.5) is 0 Å². The first kappa shape index (κ1) is 8.30. The summed E-state index contributed by atoms with van der Waals surface area (Å²) in [4.78, 5) is 0. The summed E-state index contributed by atoms with van der Waals surface area (Å²) < 4.78 is 4.87. The molecule has 62 valence electrons. The van der Waals surface area contributed by atoms with Crippen LogP contribution in [0.1, 0.15) is 12.5 Å². The molecular weight excluding hydrogens is 142 g/mol. The molecule has 0 aliphatic heterocycles. The summed E-state index contributed by atoms with van der Waals surface area (Å²) in [5.74, 6) is 0. The average Bonchev–Trinajstić information content (AvgIpc) is 2.39. The summed E-state index contributed by atoms with van der Waals surface area (Å²) in [6, 6.07) is 1.90. The van der Waals surface area contributed by atoms with Crippen LogP contribution in [0.5, 0.6) is 0 Å². The van der Waals surface area contributed by atoms with E-state index in [9.17, 15) is 0 Å². The maximum absolute atomic E-state index is 8.90. The van der Waals surface area contributed by atoms with Crippen LogP contribution in [-0.4, -0.2) is 17.8 Å². The highest BCUT2D eigenvalue weighted by Crippen LogP contribution is 1.97. The van der Waals surface area contributed by atoms with Gasteiger partial charge in [0.2, 0.25) is 0 Å². The summed E-state index contributed by atoms with van der Waals surface area (Å²) in [6.45, 7) is 3.12. The Balaban J connectivity index is 2.14. The standard InChI is InChI=1S/C8H13NO2/c1-7(10)4-9-5-8-2-3-11-6-8/h2-3,6-7,9-10H,4-5H2,1H3/t7-/m1/s1. The molecule has 1 aromatic rings. The molecule has 0 spiro atoms. The predicted molar refractivity (Wildman–Crippen MR) is 42.1 cm³/mol. The van der Waals surface area contributed by atoms with E-state index in [0.717, 1.165) is 12.1 Å². The van der Waals surface area contributed by atoms with Gasteiger partial charge in [0.05, 0.1) is 18.6 Å². The Morgan fingerprint density at radius 3 is 3.09 bits per heavy atom. The van der Waals surface area contributed by atoms with E-state index in [0.29, 0.717) is 6.54 Å². The maximum atomic E-state index is 8.90. The number of aliphatic hydroxyl groups excluding tert-OH is 1. The van der Waals surface area contributed by atoms with E-state index in [1.54, 1.807) is 19.5 Å². The molecule has 0 aromatic carbocycles. The van der Waals surface area contributed by atoms with Gasteiger partial charge in [-0.2, -0.15) is 0 Å². The highest BCUT2D eigenvalue weighted by atomic mass is 16.3. The van der Waals surface area contributed by atoms with Crippen molar-refractivity contribution in [3.05, 3.63) is 24.2 Å². The quantitative estimate of drug-likeness (QED) is 0.674. The van der Waals surface area contributed by atoms with E-state index < -0.39 is 0 Å². The largest absolute Gasteiger partial charge is 0.472 e. The molecule has 0 unspecified atom stereocenters. The van der Waals surface area contributed by atoms with Crippen molar-refractivity contribution >= 4 is 0 Å². The molecule has 0 bridgehead atoms. The first-order valence-electron chi connectivity index (χ1n) is 3.69. The predicted octanol–water partition coefficient (Wildman–Crippen LogP) is 0.750. The topological polar surface area (TPSA) is 45.4 Å². The lowest BCUT2D eigenvalue weighted by Gasteiger charge is -2.04. The number of furan rings is 1. The third-order valence-corrected chi connectivity index (χ3v) is 1.35. The molecular formula is C8H13NO2. The number of hydrogen-bond donors (Lipinski definition) is 2. The molecule has 1 rings (SSSR count). The van der Waals surface area contributed by atoms with Crippen LogP contribution in [-0.2, 0) is 6.54 Å². The molecule has 2 N–H and O–H groups in total.